The van der Waals surface area contributed by atoms with E-state index >= 15 is 0 Å². The summed E-state index contributed by atoms with van der Waals surface area (Å²) in [6, 6.07) is 11.4. The van der Waals surface area contributed by atoms with Crippen LogP contribution in [0.4, 0.5) is 0 Å². The molecule has 132 valence electrons. The van der Waals surface area contributed by atoms with Gasteiger partial charge in [0, 0.05) is 6.54 Å². The zero-order valence-electron chi connectivity index (χ0n) is 14.0. The lowest BCUT2D eigenvalue weighted by Gasteiger charge is -2.36. The highest BCUT2D eigenvalue weighted by atomic mass is 32.2. The van der Waals surface area contributed by atoms with Crippen molar-refractivity contribution in [2.45, 2.75) is 24.8 Å². The monoisotopic (exact) mass is 360 g/mol. The maximum absolute atomic E-state index is 13.2. The van der Waals surface area contributed by atoms with E-state index in [2.05, 4.69) is 0 Å². The first-order valence-electron chi connectivity index (χ1n) is 7.96. The summed E-state index contributed by atoms with van der Waals surface area (Å²) >= 11 is 0. The molecule has 1 aliphatic rings. The molecule has 2 aromatic rings. The van der Waals surface area contributed by atoms with E-state index in [0.29, 0.717) is 0 Å². The van der Waals surface area contributed by atoms with Gasteiger partial charge in [-0.1, -0.05) is 48.9 Å². The third kappa shape index (κ3) is 3.18. The van der Waals surface area contributed by atoms with Crippen LogP contribution < -0.4 is 5.48 Å². The third-order valence-electron chi connectivity index (χ3n) is 4.47. The molecular formula is C18H20N2O4S. The van der Waals surface area contributed by atoms with Gasteiger partial charge in [-0.2, -0.15) is 4.31 Å². The van der Waals surface area contributed by atoms with E-state index < -0.39 is 22.0 Å². The summed E-state index contributed by atoms with van der Waals surface area (Å²) < 4.78 is 27.5. The van der Waals surface area contributed by atoms with Gasteiger partial charge >= 0.3 is 0 Å². The Morgan fingerprint density at radius 2 is 1.88 bits per heavy atom. The Labute approximate surface area is 146 Å². The van der Waals surface area contributed by atoms with Gasteiger partial charge < -0.3 is 0 Å². The van der Waals surface area contributed by atoms with Gasteiger partial charge in [0.1, 0.15) is 6.04 Å². The molecule has 1 heterocycles. The number of sulfonamides is 1. The number of carbonyl (C=O) groups excluding carboxylic acids is 1. The molecule has 0 aromatic heterocycles. The van der Waals surface area contributed by atoms with Crippen molar-refractivity contribution in [3.63, 3.8) is 0 Å². The number of nitrogens with one attached hydrogen (secondary N) is 1. The summed E-state index contributed by atoms with van der Waals surface area (Å²) in [5.74, 6) is -1.09. The topological polar surface area (TPSA) is 86.7 Å². The van der Waals surface area contributed by atoms with Crippen LogP contribution in [0, 0.1) is 5.92 Å². The van der Waals surface area contributed by atoms with Crippen molar-refractivity contribution in [1.82, 2.24) is 9.79 Å². The summed E-state index contributed by atoms with van der Waals surface area (Å²) in [5.41, 5.74) is 2.45. The van der Waals surface area contributed by atoms with E-state index in [1.54, 1.807) is 30.6 Å². The van der Waals surface area contributed by atoms with Crippen molar-refractivity contribution in [2.75, 3.05) is 6.54 Å². The Kier molecular flexibility index (Phi) is 4.64. The van der Waals surface area contributed by atoms with Crippen LogP contribution in [0.25, 0.3) is 10.8 Å². The average Bonchev–Trinajstić information content (AvgIpc) is 2.60. The molecule has 2 aromatic carbocycles. The number of carbonyl (C=O) groups is 1. The van der Waals surface area contributed by atoms with Gasteiger partial charge in [0.2, 0.25) is 10.0 Å². The van der Waals surface area contributed by atoms with Crippen molar-refractivity contribution in [1.29, 1.82) is 0 Å². The number of amides is 1. The van der Waals surface area contributed by atoms with Gasteiger partial charge in [-0.15, -0.1) is 0 Å². The number of hydrogen-bond acceptors (Lipinski definition) is 4. The van der Waals surface area contributed by atoms with Crippen LogP contribution in [0.1, 0.15) is 13.8 Å². The van der Waals surface area contributed by atoms with Gasteiger partial charge in [0.05, 0.1) is 4.90 Å². The van der Waals surface area contributed by atoms with E-state index in [0.717, 1.165) is 20.7 Å². The highest BCUT2D eigenvalue weighted by Gasteiger charge is 2.41. The summed E-state index contributed by atoms with van der Waals surface area (Å²) in [6.45, 7) is 3.69. The number of benzene rings is 2. The molecule has 7 heteroatoms. The zero-order valence-corrected chi connectivity index (χ0v) is 14.8. The molecular weight excluding hydrogens is 340 g/mol. The van der Waals surface area contributed by atoms with Crippen LogP contribution in [0.2, 0.25) is 0 Å². The van der Waals surface area contributed by atoms with Gasteiger partial charge in [0.25, 0.3) is 5.91 Å². The third-order valence-corrected chi connectivity index (χ3v) is 6.29. The first kappa shape index (κ1) is 17.6. The van der Waals surface area contributed by atoms with E-state index in [1.165, 1.54) is 0 Å². The van der Waals surface area contributed by atoms with Crippen LogP contribution in [0.15, 0.2) is 59.0 Å². The Bertz CT molecular complexity index is 952. The molecule has 0 saturated carbocycles. The Hall–Kier alpha value is -2.22. The Morgan fingerprint density at radius 3 is 2.56 bits per heavy atom. The van der Waals surface area contributed by atoms with Gasteiger partial charge in [0.15, 0.2) is 0 Å². The van der Waals surface area contributed by atoms with Crippen LogP contribution >= 0.6 is 0 Å². The van der Waals surface area contributed by atoms with Gasteiger partial charge in [-0.25, -0.2) is 13.9 Å². The van der Waals surface area contributed by atoms with Crippen molar-refractivity contribution in [2.24, 2.45) is 5.92 Å². The predicted molar refractivity (Wildman–Crippen MR) is 94.5 cm³/mol. The molecule has 0 fully saturated rings. The second-order valence-corrected chi connectivity index (χ2v) is 8.24. The molecule has 2 unspecified atom stereocenters. The normalized spacial score (nSPS) is 21.8. The lowest BCUT2D eigenvalue weighted by Crippen LogP contribution is -2.54. The molecule has 0 saturated heterocycles. The van der Waals surface area contributed by atoms with E-state index in [9.17, 15) is 13.2 Å². The number of rotatable bonds is 3. The SMILES string of the molecule is CC1=CC(C)C(C(=O)NO)N(S(=O)(=O)c2ccc3ccccc3c2)C1. The Balaban J connectivity index is 2.09. The minimum absolute atomic E-state index is 0.109. The molecule has 1 amide bonds. The van der Waals surface area contributed by atoms with Crippen LogP contribution in [-0.2, 0) is 14.8 Å². The molecule has 1 aliphatic heterocycles. The summed E-state index contributed by atoms with van der Waals surface area (Å²) in [4.78, 5) is 12.2. The second-order valence-electron chi connectivity index (χ2n) is 6.35. The highest BCUT2D eigenvalue weighted by molar-refractivity contribution is 7.89. The summed E-state index contributed by atoms with van der Waals surface area (Å²) in [6.07, 6.45) is 1.85. The van der Waals surface area contributed by atoms with Crippen LogP contribution in [0.3, 0.4) is 0 Å². The Morgan fingerprint density at radius 1 is 1.20 bits per heavy atom. The maximum Gasteiger partial charge on any atom is 0.262 e. The van der Waals surface area contributed by atoms with Gasteiger partial charge in [-0.05, 0) is 35.7 Å². The van der Waals surface area contributed by atoms with Crippen molar-refractivity contribution >= 4 is 26.7 Å². The largest absolute Gasteiger partial charge is 0.289 e. The van der Waals surface area contributed by atoms with E-state index in [1.807, 2.05) is 37.3 Å². The molecule has 6 nitrogen and oxygen atoms in total. The van der Waals surface area contributed by atoms with Crippen molar-refractivity contribution in [3.8, 4) is 0 Å². The molecule has 2 atom stereocenters. The number of nitrogens with zero attached hydrogens (tertiary/aromatic N) is 1. The first-order chi connectivity index (χ1) is 11.8. The molecule has 0 aliphatic carbocycles. The quantitative estimate of drug-likeness (QED) is 0.500. The van der Waals surface area contributed by atoms with Crippen LogP contribution in [-0.4, -0.2) is 36.4 Å². The van der Waals surface area contributed by atoms with Crippen molar-refractivity contribution < 1.29 is 18.4 Å². The van der Waals surface area contributed by atoms with Crippen LogP contribution in [0.5, 0.6) is 0 Å². The summed E-state index contributed by atoms with van der Waals surface area (Å²) in [7, 11) is -3.90. The lowest BCUT2D eigenvalue weighted by atomic mass is 9.95. The zero-order chi connectivity index (χ0) is 18.2. The second kappa shape index (κ2) is 6.59. The van der Waals surface area contributed by atoms with Gasteiger partial charge in [-0.3, -0.25) is 10.0 Å². The maximum atomic E-state index is 13.2. The van der Waals surface area contributed by atoms with E-state index in [4.69, 9.17) is 5.21 Å². The number of hydroxylamine groups is 1. The fraction of sp³-hybridized carbons (Fsp3) is 0.278. The predicted octanol–water partition coefficient (Wildman–Crippen LogP) is 2.30. The molecule has 3 rings (SSSR count). The fourth-order valence-electron chi connectivity index (χ4n) is 3.33. The highest BCUT2D eigenvalue weighted by Crippen LogP contribution is 2.29. The smallest absolute Gasteiger partial charge is 0.262 e. The van der Waals surface area contributed by atoms with E-state index in [-0.39, 0.29) is 17.4 Å². The minimum atomic E-state index is -3.90. The first-order valence-corrected chi connectivity index (χ1v) is 9.40. The number of fused-ring (bicyclic) bond motifs is 1. The standard InChI is InChI=1S/C18H20N2O4S/c1-12-9-13(2)17(18(21)19-22)20(11-12)25(23,24)16-8-7-14-5-3-4-6-15(14)10-16/h3-10,13,17,22H,11H2,1-2H3,(H,19,21). The van der Waals surface area contributed by atoms with Crippen molar-refractivity contribution in [3.05, 3.63) is 54.1 Å². The lowest BCUT2D eigenvalue weighted by molar-refractivity contribution is -0.134. The summed E-state index contributed by atoms with van der Waals surface area (Å²) in [5, 5.41) is 10.8. The number of hydrogen-bond donors (Lipinski definition) is 2. The molecule has 0 spiro atoms. The molecule has 25 heavy (non-hydrogen) atoms. The average molecular weight is 360 g/mol. The fourth-order valence-corrected chi connectivity index (χ4v) is 5.08. The minimum Gasteiger partial charge on any atom is -0.289 e. The molecule has 2 N–H and O–H groups in total. The molecule has 0 bridgehead atoms. The molecule has 0 radical (unpaired) electrons.